The number of rotatable bonds is 3. The molecule has 1 heterocycles. The Bertz CT molecular complexity index is 566. The maximum Gasteiger partial charge on any atom is 0.278 e. The van der Waals surface area contributed by atoms with E-state index >= 15 is 0 Å². The number of ether oxygens (including phenoxy) is 1. The molecule has 2 aromatic rings. The molecule has 88 valence electrons. The van der Waals surface area contributed by atoms with Crippen molar-refractivity contribution >= 4 is 11.8 Å². The number of H-pyrrole nitrogens is 1. The Kier molecular flexibility index (Phi) is 3.43. The molecule has 0 amide bonds. The van der Waals surface area contributed by atoms with Crippen molar-refractivity contribution < 1.29 is 4.74 Å². The average Bonchev–Trinajstić information content (AvgIpc) is 2.39. The van der Waals surface area contributed by atoms with E-state index in [0.717, 1.165) is 5.75 Å². The molecule has 1 aromatic carbocycles. The van der Waals surface area contributed by atoms with E-state index in [9.17, 15) is 4.79 Å². The van der Waals surface area contributed by atoms with Crippen LogP contribution in [-0.2, 0) is 0 Å². The molecule has 0 aliphatic heterocycles. The first-order valence-electron chi connectivity index (χ1n) is 4.90. The van der Waals surface area contributed by atoms with Crippen LogP contribution in [0.4, 0.5) is 0 Å². The molecule has 0 spiro atoms. The highest BCUT2D eigenvalue weighted by Crippen LogP contribution is 2.17. The van der Waals surface area contributed by atoms with E-state index < -0.39 is 0 Å². The van der Waals surface area contributed by atoms with Crippen molar-refractivity contribution in [1.82, 2.24) is 15.2 Å². The summed E-state index contributed by atoms with van der Waals surface area (Å²) in [6.45, 7) is 0. The Morgan fingerprint density at radius 3 is 2.47 bits per heavy atom. The molecule has 2 rings (SSSR count). The molecule has 0 bridgehead atoms. The maximum atomic E-state index is 11.8. The number of nitrogens with zero attached hydrogens (tertiary/aromatic N) is 2. The van der Waals surface area contributed by atoms with Crippen LogP contribution in [0.2, 0.25) is 0 Å². The number of thioether (sulfide) groups is 1. The summed E-state index contributed by atoms with van der Waals surface area (Å²) in [7, 11) is 1.59. The second-order valence-electron chi connectivity index (χ2n) is 3.24. The van der Waals surface area contributed by atoms with Gasteiger partial charge in [0.15, 0.2) is 10.9 Å². The molecule has 0 radical (unpaired) electrons. The zero-order valence-electron chi connectivity index (χ0n) is 9.43. The van der Waals surface area contributed by atoms with Gasteiger partial charge < -0.3 is 4.74 Å². The number of benzene rings is 1. The predicted octanol–water partition coefficient (Wildman–Crippen LogP) is 1.56. The fourth-order valence-electron chi connectivity index (χ4n) is 1.35. The average molecular weight is 249 g/mol. The van der Waals surface area contributed by atoms with Gasteiger partial charge in [-0.25, -0.2) is 0 Å². The number of hydrogen-bond acceptors (Lipinski definition) is 5. The summed E-state index contributed by atoms with van der Waals surface area (Å²) < 4.78 is 5.05. The first-order chi connectivity index (χ1) is 8.24. The highest BCUT2D eigenvalue weighted by atomic mass is 32.2. The number of methoxy groups -OCH3 is 1. The third-order valence-corrected chi connectivity index (χ3v) is 2.80. The van der Waals surface area contributed by atoms with Crippen molar-refractivity contribution in [3.63, 3.8) is 0 Å². The Labute approximate surface area is 102 Å². The summed E-state index contributed by atoms with van der Waals surface area (Å²) in [6, 6.07) is 7.10. The van der Waals surface area contributed by atoms with Gasteiger partial charge in [0.1, 0.15) is 5.75 Å². The lowest BCUT2D eigenvalue weighted by molar-refractivity contribution is 0.415. The van der Waals surface area contributed by atoms with Crippen LogP contribution in [0.1, 0.15) is 0 Å². The van der Waals surface area contributed by atoms with E-state index in [4.69, 9.17) is 4.74 Å². The minimum absolute atomic E-state index is 0.241. The summed E-state index contributed by atoms with van der Waals surface area (Å²) in [4.78, 5) is 14.4. The smallest absolute Gasteiger partial charge is 0.278 e. The van der Waals surface area contributed by atoms with E-state index in [1.807, 2.05) is 6.26 Å². The van der Waals surface area contributed by atoms with Gasteiger partial charge in [-0.15, -0.1) is 10.2 Å². The Morgan fingerprint density at radius 1 is 1.24 bits per heavy atom. The zero-order chi connectivity index (χ0) is 12.3. The van der Waals surface area contributed by atoms with E-state index in [1.165, 1.54) is 11.8 Å². The quantitative estimate of drug-likeness (QED) is 0.836. The minimum Gasteiger partial charge on any atom is -0.497 e. The predicted molar refractivity (Wildman–Crippen MR) is 66.4 cm³/mol. The van der Waals surface area contributed by atoms with Crippen LogP contribution in [0.25, 0.3) is 11.3 Å². The molecule has 6 heteroatoms. The Balaban J connectivity index is 2.42. The van der Waals surface area contributed by atoms with Gasteiger partial charge in [0.25, 0.3) is 5.56 Å². The summed E-state index contributed by atoms with van der Waals surface area (Å²) >= 11 is 1.34. The summed E-state index contributed by atoms with van der Waals surface area (Å²) in [6.07, 6.45) is 1.83. The molecule has 1 N–H and O–H groups in total. The zero-order valence-corrected chi connectivity index (χ0v) is 10.2. The largest absolute Gasteiger partial charge is 0.497 e. The van der Waals surface area contributed by atoms with Crippen molar-refractivity contribution in [2.45, 2.75) is 5.16 Å². The molecule has 0 aliphatic rings. The molecule has 0 saturated heterocycles. The topological polar surface area (TPSA) is 67.9 Å². The van der Waals surface area contributed by atoms with E-state index in [0.29, 0.717) is 16.4 Å². The molecule has 17 heavy (non-hydrogen) atoms. The number of nitrogens with one attached hydrogen (secondary N) is 1. The van der Waals surface area contributed by atoms with Crippen molar-refractivity contribution in [2.75, 3.05) is 13.4 Å². The highest BCUT2D eigenvalue weighted by Gasteiger charge is 2.07. The first-order valence-corrected chi connectivity index (χ1v) is 6.12. The normalized spacial score (nSPS) is 10.2. The second-order valence-corrected chi connectivity index (χ2v) is 4.04. The molecular formula is C11H11N3O2S. The van der Waals surface area contributed by atoms with Crippen molar-refractivity contribution in [3.05, 3.63) is 34.6 Å². The molecule has 0 saturated carbocycles. The lowest BCUT2D eigenvalue weighted by Gasteiger charge is -2.02. The first kappa shape index (κ1) is 11.7. The lowest BCUT2D eigenvalue weighted by atomic mass is 10.1. The molecule has 0 aliphatic carbocycles. The molecule has 0 unspecified atom stereocenters. The number of hydrogen-bond donors (Lipinski definition) is 1. The molecule has 5 nitrogen and oxygen atoms in total. The van der Waals surface area contributed by atoms with Crippen LogP contribution in [0.5, 0.6) is 5.75 Å². The Morgan fingerprint density at radius 2 is 1.94 bits per heavy atom. The summed E-state index contributed by atoms with van der Waals surface area (Å²) in [5.41, 5.74) is 0.784. The monoisotopic (exact) mass is 249 g/mol. The van der Waals surface area contributed by atoms with Crippen LogP contribution in [0, 0.1) is 0 Å². The van der Waals surface area contributed by atoms with Crippen LogP contribution >= 0.6 is 11.8 Å². The molecule has 0 fully saturated rings. The maximum absolute atomic E-state index is 11.8. The van der Waals surface area contributed by atoms with Gasteiger partial charge >= 0.3 is 0 Å². The van der Waals surface area contributed by atoms with E-state index in [2.05, 4.69) is 15.2 Å². The number of aromatic amines is 1. The van der Waals surface area contributed by atoms with Gasteiger partial charge in [0, 0.05) is 5.56 Å². The van der Waals surface area contributed by atoms with Crippen LogP contribution < -0.4 is 10.3 Å². The van der Waals surface area contributed by atoms with Gasteiger partial charge in [0.2, 0.25) is 0 Å². The van der Waals surface area contributed by atoms with Crippen LogP contribution in [0.15, 0.2) is 34.2 Å². The van der Waals surface area contributed by atoms with Gasteiger partial charge in [-0.2, -0.15) is 0 Å². The van der Waals surface area contributed by atoms with Gasteiger partial charge in [0.05, 0.1) is 7.11 Å². The highest BCUT2D eigenvalue weighted by molar-refractivity contribution is 7.98. The molecular weight excluding hydrogens is 238 g/mol. The minimum atomic E-state index is -0.241. The fraction of sp³-hybridized carbons (Fsp3) is 0.182. The second kappa shape index (κ2) is 5.01. The third kappa shape index (κ3) is 2.47. The number of aromatic nitrogens is 3. The van der Waals surface area contributed by atoms with Crippen molar-refractivity contribution in [2.24, 2.45) is 0 Å². The summed E-state index contributed by atoms with van der Waals surface area (Å²) in [5.74, 6) is 0.735. The van der Waals surface area contributed by atoms with Crippen LogP contribution in [0.3, 0.4) is 0 Å². The van der Waals surface area contributed by atoms with Gasteiger partial charge in [-0.1, -0.05) is 11.8 Å². The van der Waals surface area contributed by atoms with E-state index in [-0.39, 0.29) is 5.56 Å². The van der Waals surface area contributed by atoms with Crippen molar-refractivity contribution in [3.8, 4) is 17.0 Å². The van der Waals surface area contributed by atoms with E-state index in [1.54, 1.807) is 31.4 Å². The molecule has 1 aromatic heterocycles. The van der Waals surface area contributed by atoms with Gasteiger partial charge in [-0.05, 0) is 30.5 Å². The Hall–Kier alpha value is -1.82. The van der Waals surface area contributed by atoms with Crippen molar-refractivity contribution in [1.29, 1.82) is 0 Å². The summed E-state index contributed by atoms with van der Waals surface area (Å²) in [5, 5.41) is 8.33. The molecule has 0 atom stereocenters. The van der Waals surface area contributed by atoms with Gasteiger partial charge in [-0.3, -0.25) is 9.78 Å². The standard InChI is InChI=1S/C11H11N3O2S/c1-16-8-5-3-7(4-6-8)9-10(15)12-11(17-2)14-13-9/h3-6H,1-2H3,(H,12,14,15). The lowest BCUT2D eigenvalue weighted by Crippen LogP contribution is -2.13. The third-order valence-electron chi connectivity index (χ3n) is 2.23. The SMILES string of the molecule is COc1ccc(-c2nnc(SC)[nH]c2=O)cc1. The fourth-order valence-corrected chi connectivity index (χ4v) is 1.67. The van der Waals surface area contributed by atoms with Crippen LogP contribution in [-0.4, -0.2) is 28.5 Å².